The van der Waals surface area contributed by atoms with Gasteiger partial charge in [-0.05, 0) is 31.2 Å². The molecule has 2 amide bonds. The lowest BCUT2D eigenvalue weighted by Gasteiger charge is -2.09. The average molecular weight is 368 g/mol. The lowest BCUT2D eigenvalue weighted by atomic mass is 10.1. The molecule has 8 heteroatoms. The van der Waals surface area contributed by atoms with Crippen molar-refractivity contribution in [1.29, 1.82) is 0 Å². The molecule has 0 aliphatic carbocycles. The van der Waals surface area contributed by atoms with E-state index < -0.39 is 5.91 Å². The summed E-state index contributed by atoms with van der Waals surface area (Å²) in [5, 5.41) is 5.67. The predicted octanol–water partition coefficient (Wildman–Crippen LogP) is 2.68. The topological polar surface area (TPSA) is 106 Å². The molecule has 0 spiro atoms. The quantitative estimate of drug-likeness (QED) is 0.736. The van der Waals surface area contributed by atoms with Crippen molar-refractivity contribution in [1.82, 2.24) is 9.55 Å². The third-order valence-electron chi connectivity index (χ3n) is 4.11. The van der Waals surface area contributed by atoms with E-state index in [1.54, 1.807) is 52.1 Å². The van der Waals surface area contributed by atoms with Gasteiger partial charge in [-0.1, -0.05) is 13.8 Å². The minimum absolute atomic E-state index is 0.0874. The minimum Gasteiger partial charge on any atom is -0.442 e. The zero-order valence-corrected chi connectivity index (χ0v) is 15.5. The van der Waals surface area contributed by atoms with Crippen LogP contribution in [0.2, 0.25) is 0 Å². The van der Waals surface area contributed by atoms with Crippen molar-refractivity contribution >= 4 is 34.3 Å². The van der Waals surface area contributed by atoms with Crippen LogP contribution in [0.5, 0.6) is 0 Å². The van der Waals surface area contributed by atoms with Gasteiger partial charge in [0.25, 0.3) is 11.5 Å². The van der Waals surface area contributed by atoms with Gasteiger partial charge >= 0.3 is 0 Å². The van der Waals surface area contributed by atoms with Gasteiger partial charge in [0.1, 0.15) is 17.5 Å². The molecular weight excluding hydrogens is 348 g/mol. The van der Waals surface area contributed by atoms with E-state index in [1.165, 1.54) is 10.9 Å². The molecule has 8 nitrogen and oxygen atoms in total. The van der Waals surface area contributed by atoms with Crippen molar-refractivity contribution < 1.29 is 14.0 Å². The molecule has 0 radical (unpaired) electrons. The second-order valence-corrected chi connectivity index (χ2v) is 6.55. The number of nitrogens with one attached hydrogen (secondary N) is 2. The Morgan fingerprint density at radius 3 is 2.30 bits per heavy atom. The monoisotopic (exact) mass is 368 g/mol. The van der Waals surface area contributed by atoms with E-state index in [1.807, 2.05) is 0 Å². The highest BCUT2D eigenvalue weighted by atomic mass is 16.3. The van der Waals surface area contributed by atoms with Crippen LogP contribution in [0.25, 0.3) is 11.1 Å². The zero-order chi connectivity index (χ0) is 19.7. The summed E-state index contributed by atoms with van der Waals surface area (Å²) in [4.78, 5) is 40.8. The van der Waals surface area contributed by atoms with Crippen molar-refractivity contribution in [2.45, 2.75) is 20.8 Å². The Labute approximate surface area is 155 Å². The van der Waals surface area contributed by atoms with Gasteiger partial charge in [0, 0.05) is 24.3 Å². The van der Waals surface area contributed by atoms with Crippen molar-refractivity contribution in [2.75, 3.05) is 10.6 Å². The number of anilines is 2. The first-order valence-electron chi connectivity index (χ1n) is 8.45. The third kappa shape index (κ3) is 3.59. The van der Waals surface area contributed by atoms with Crippen LogP contribution in [0.3, 0.4) is 0 Å². The van der Waals surface area contributed by atoms with E-state index in [0.717, 1.165) is 0 Å². The van der Waals surface area contributed by atoms with Crippen molar-refractivity contribution in [2.24, 2.45) is 13.0 Å². The number of hydrogen-bond donors (Lipinski definition) is 2. The van der Waals surface area contributed by atoms with Crippen LogP contribution in [0.1, 0.15) is 30.0 Å². The highest BCUT2D eigenvalue weighted by Crippen LogP contribution is 2.22. The van der Waals surface area contributed by atoms with Crippen LogP contribution in [-0.2, 0) is 11.8 Å². The SMILES string of the molecule is Cc1oc2ncn(C)c(=O)c2c1C(=O)Nc1ccc(NC(=O)C(C)C)cc1. The highest BCUT2D eigenvalue weighted by Gasteiger charge is 2.22. The standard InChI is InChI=1S/C19H20N4O4/c1-10(2)16(24)21-12-5-7-13(8-6-12)22-17(25)14-11(3)27-18-15(14)19(26)23(4)9-20-18/h5-10H,1-4H3,(H,21,24)(H,22,25). The predicted molar refractivity (Wildman–Crippen MR) is 102 cm³/mol. The summed E-state index contributed by atoms with van der Waals surface area (Å²) < 4.78 is 6.74. The molecule has 3 aromatic rings. The molecular formula is C19H20N4O4. The first-order valence-corrected chi connectivity index (χ1v) is 8.45. The maximum absolute atomic E-state index is 12.7. The molecule has 0 aliphatic heterocycles. The van der Waals surface area contributed by atoms with Gasteiger partial charge in [-0.25, -0.2) is 4.98 Å². The van der Waals surface area contributed by atoms with Gasteiger partial charge in [0.15, 0.2) is 0 Å². The number of rotatable bonds is 4. The normalized spacial score (nSPS) is 11.0. The van der Waals surface area contributed by atoms with Crippen molar-refractivity contribution in [3.05, 3.63) is 52.3 Å². The number of fused-ring (bicyclic) bond motifs is 1. The Morgan fingerprint density at radius 2 is 1.70 bits per heavy atom. The largest absolute Gasteiger partial charge is 0.442 e. The Kier molecular flexibility index (Phi) is 4.81. The molecule has 0 saturated carbocycles. The molecule has 0 saturated heterocycles. The van der Waals surface area contributed by atoms with Gasteiger partial charge in [-0.15, -0.1) is 0 Å². The number of carbonyl (C=O) groups is 2. The van der Waals surface area contributed by atoms with E-state index in [0.29, 0.717) is 17.1 Å². The summed E-state index contributed by atoms with van der Waals surface area (Å²) in [5.74, 6) is -0.358. The Balaban J connectivity index is 1.85. The lowest BCUT2D eigenvalue weighted by Crippen LogP contribution is -2.20. The van der Waals surface area contributed by atoms with Gasteiger partial charge < -0.3 is 19.6 Å². The number of aryl methyl sites for hydroxylation is 2. The average Bonchev–Trinajstić information content (AvgIpc) is 2.96. The third-order valence-corrected chi connectivity index (χ3v) is 4.11. The summed E-state index contributed by atoms with van der Waals surface area (Å²) in [6.45, 7) is 5.22. The van der Waals surface area contributed by atoms with Crippen LogP contribution in [0.4, 0.5) is 11.4 Å². The van der Waals surface area contributed by atoms with Gasteiger partial charge in [0.05, 0.1) is 5.56 Å². The maximum Gasteiger partial charge on any atom is 0.265 e. The van der Waals surface area contributed by atoms with Gasteiger partial charge in [0.2, 0.25) is 11.6 Å². The second kappa shape index (κ2) is 7.06. The molecule has 0 unspecified atom stereocenters. The van der Waals surface area contributed by atoms with Crippen LogP contribution < -0.4 is 16.2 Å². The number of benzene rings is 1. The summed E-state index contributed by atoms with van der Waals surface area (Å²) in [6.07, 6.45) is 1.35. The highest BCUT2D eigenvalue weighted by molar-refractivity contribution is 6.12. The molecule has 1 aromatic carbocycles. The Morgan fingerprint density at radius 1 is 1.11 bits per heavy atom. The van der Waals surface area contributed by atoms with Crippen LogP contribution >= 0.6 is 0 Å². The Hall–Kier alpha value is -3.42. The number of aromatic nitrogens is 2. The summed E-state index contributed by atoms with van der Waals surface area (Å²) in [7, 11) is 1.56. The molecule has 0 atom stereocenters. The summed E-state index contributed by atoms with van der Waals surface area (Å²) >= 11 is 0. The molecule has 0 aliphatic rings. The maximum atomic E-state index is 12.7. The molecule has 0 bridgehead atoms. The lowest BCUT2D eigenvalue weighted by molar-refractivity contribution is -0.118. The molecule has 2 heterocycles. The Bertz CT molecular complexity index is 1080. The zero-order valence-electron chi connectivity index (χ0n) is 15.5. The van der Waals surface area contributed by atoms with Gasteiger partial charge in [-0.2, -0.15) is 0 Å². The van der Waals surface area contributed by atoms with E-state index in [4.69, 9.17) is 4.42 Å². The summed E-state index contributed by atoms with van der Waals surface area (Å²) in [5.41, 5.74) is 1.10. The molecule has 27 heavy (non-hydrogen) atoms. The summed E-state index contributed by atoms with van der Waals surface area (Å²) in [6, 6.07) is 6.72. The first-order chi connectivity index (χ1) is 12.8. The van der Waals surface area contributed by atoms with E-state index in [2.05, 4.69) is 15.6 Å². The number of hydrogen-bond acceptors (Lipinski definition) is 5. The first kappa shape index (κ1) is 18.4. The molecule has 0 fully saturated rings. The molecule has 140 valence electrons. The molecule has 2 N–H and O–H groups in total. The van der Waals surface area contributed by atoms with Gasteiger partial charge in [-0.3, -0.25) is 14.4 Å². The van der Waals surface area contributed by atoms with Crippen molar-refractivity contribution in [3.63, 3.8) is 0 Å². The van der Waals surface area contributed by atoms with Crippen molar-refractivity contribution in [3.8, 4) is 0 Å². The number of carbonyl (C=O) groups excluding carboxylic acids is 2. The van der Waals surface area contributed by atoms with E-state index in [-0.39, 0.29) is 34.0 Å². The van der Waals surface area contributed by atoms with Crippen LogP contribution in [0, 0.1) is 12.8 Å². The fraction of sp³-hybridized carbons (Fsp3) is 0.263. The smallest absolute Gasteiger partial charge is 0.265 e. The number of nitrogens with zero attached hydrogens (tertiary/aromatic N) is 2. The molecule has 3 rings (SSSR count). The second-order valence-electron chi connectivity index (χ2n) is 6.55. The number of amides is 2. The minimum atomic E-state index is -0.463. The van der Waals surface area contributed by atoms with Crippen LogP contribution in [-0.4, -0.2) is 21.4 Å². The fourth-order valence-electron chi connectivity index (χ4n) is 2.58. The van der Waals surface area contributed by atoms with E-state index in [9.17, 15) is 14.4 Å². The molecule has 2 aromatic heterocycles. The number of furan rings is 1. The van der Waals surface area contributed by atoms with E-state index >= 15 is 0 Å². The van der Waals surface area contributed by atoms with Crippen LogP contribution in [0.15, 0.2) is 39.8 Å². The fourth-order valence-corrected chi connectivity index (χ4v) is 2.58.